The van der Waals surface area contributed by atoms with Crippen LogP contribution in [0, 0.1) is 6.92 Å². The number of benzene rings is 1. The van der Waals surface area contributed by atoms with Gasteiger partial charge >= 0.3 is 0 Å². The first-order valence-corrected chi connectivity index (χ1v) is 5.45. The van der Waals surface area contributed by atoms with E-state index in [1.165, 1.54) is 22.0 Å². The lowest BCUT2D eigenvalue weighted by Gasteiger charge is -2.10. The van der Waals surface area contributed by atoms with E-state index in [0.717, 1.165) is 6.42 Å². The van der Waals surface area contributed by atoms with Crippen LogP contribution in [-0.4, -0.2) is 18.1 Å². The Morgan fingerprint density at radius 3 is 2.93 bits per heavy atom. The quantitative estimate of drug-likeness (QED) is 0.786. The minimum atomic E-state index is 0.513. The summed E-state index contributed by atoms with van der Waals surface area (Å²) in [5.74, 6) is 0. The van der Waals surface area contributed by atoms with Crippen LogP contribution in [0.5, 0.6) is 0 Å². The van der Waals surface area contributed by atoms with Crippen LogP contribution in [0.15, 0.2) is 24.4 Å². The van der Waals surface area contributed by atoms with E-state index in [1.807, 2.05) is 7.05 Å². The Morgan fingerprint density at radius 2 is 2.20 bits per heavy atom. The van der Waals surface area contributed by atoms with Crippen molar-refractivity contribution in [3.63, 3.8) is 0 Å². The largest absolute Gasteiger partial charge is 0.361 e. The van der Waals surface area contributed by atoms with Crippen molar-refractivity contribution in [1.29, 1.82) is 0 Å². The highest BCUT2D eigenvalue weighted by atomic mass is 14.8. The predicted octanol–water partition coefficient (Wildman–Crippen LogP) is 2.63. The second-order valence-electron chi connectivity index (χ2n) is 4.21. The van der Waals surface area contributed by atoms with Crippen molar-refractivity contribution in [3.05, 3.63) is 35.5 Å². The van der Waals surface area contributed by atoms with Gasteiger partial charge in [0.2, 0.25) is 0 Å². The van der Waals surface area contributed by atoms with Crippen LogP contribution in [-0.2, 0) is 6.42 Å². The summed E-state index contributed by atoms with van der Waals surface area (Å²) in [4.78, 5) is 3.36. The number of likely N-dealkylation sites (N-methyl/N-ethyl adjacent to an activating group) is 1. The number of aryl methyl sites for hydroxylation is 1. The van der Waals surface area contributed by atoms with Crippen molar-refractivity contribution in [2.75, 3.05) is 7.05 Å². The number of hydrogen-bond donors (Lipinski definition) is 2. The van der Waals surface area contributed by atoms with Crippen LogP contribution in [0.3, 0.4) is 0 Å². The number of fused-ring (bicyclic) bond motifs is 1. The highest BCUT2D eigenvalue weighted by molar-refractivity contribution is 5.85. The summed E-state index contributed by atoms with van der Waals surface area (Å²) in [7, 11) is 2.00. The maximum Gasteiger partial charge on any atom is 0.0489 e. The molecule has 15 heavy (non-hydrogen) atoms. The van der Waals surface area contributed by atoms with Crippen molar-refractivity contribution >= 4 is 10.9 Å². The van der Waals surface area contributed by atoms with E-state index < -0.39 is 0 Å². The number of para-hydroxylation sites is 1. The fourth-order valence-corrected chi connectivity index (χ4v) is 1.96. The molecule has 80 valence electrons. The minimum Gasteiger partial charge on any atom is -0.361 e. The van der Waals surface area contributed by atoms with Gasteiger partial charge in [0, 0.05) is 23.1 Å². The Balaban J connectivity index is 2.43. The van der Waals surface area contributed by atoms with Crippen LogP contribution in [0.4, 0.5) is 0 Å². The van der Waals surface area contributed by atoms with Crippen LogP contribution < -0.4 is 5.32 Å². The van der Waals surface area contributed by atoms with E-state index in [1.54, 1.807) is 0 Å². The standard InChI is InChI=1S/C13H18N2/c1-9-8-15-13-11(7-10(2)14-3)5-4-6-12(9)13/h4-6,8,10,14-15H,7H2,1-3H3. The third kappa shape index (κ3) is 1.90. The minimum absolute atomic E-state index is 0.513. The fourth-order valence-electron chi connectivity index (χ4n) is 1.96. The molecule has 0 aliphatic heterocycles. The number of H-pyrrole nitrogens is 1. The van der Waals surface area contributed by atoms with Crippen LogP contribution in [0.2, 0.25) is 0 Å². The number of aromatic amines is 1. The molecule has 0 saturated carbocycles. The van der Waals surface area contributed by atoms with E-state index >= 15 is 0 Å². The Labute approximate surface area is 90.7 Å². The van der Waals surface area contributed by atoms with Crippen molar-refractivity contribution in [3.8, 4) is 0 Å². The van der Waals surface area contributed by atoms with Gasteiger partial charge in [0.15, 0.2) is 0 Å². The van der Waals surface area contributed by atoms with Gasteiger partial charge in [-0.15, -0.1) is 0 Å². The molecule has 1 aromatic carbocycles. The molecule has 1 unspecified atom stereocenters. The van der Waals surface area contributed by atoms with Gasteiger partial charge in [0.25, 0.3) is 0 Å². The van der Waals surface area contributed by atoms with Gasteiger partial charge in [-0.1, -0.05) is 18.2 Å². The van der Waals surface area contributed by atoms with E-state index in [-0.39, 0.29) is 0 Å². The zero-order valence-electron chi connectivity index (χ0n) is 9.59. The highest BCUT2D eigenvalue weighted by Gasteiger charge is 2.07. The van der Waals surface area contributed by atoms with Crippen LogP contribution in [0.25, 0.3) is 10.9 Å². The molecule has 0 spiro atoms. The van der Waals surface area contributed by atoms with Crippen LogP contribution in [0.1, 0.15) is 18.1 Å². The summed E-state index contributed by atoms with van der Waals surface area (Å²) < 4.78 is 0. The average Bonchev–Trinajstić information content (AvgIpc) is 2.62. The Hall–Kier alpha value is -1.28. The fraction of sp³-hybridized carbons (Fsp3) is 0.385. The summed E-state index contributed by atoms with van der Waals surface area (Å²) in [6, 6.07) is 7.03. The highest BCUT2D eigenvalue weighted by Crippen LogP contribution is 2.21. The third-order valence-corrected chi connectivity index (χ3v) is 3.03. The molecule has 0 aliphatic rings. The van der Waals surface area contributed by atoms with Gasteiger partial charge in [-0.25, -0.2) is 0 Å². The second kappa shape index (κ2) is 4.07. The molecule has 0 aliphatic carbocycles. The number of hydrogen-bond acceptors (Lipinski definition) is 1. The Morgan fingerprint density at radius 1 is 1.40 bits per heavy atom. The molecule has 1 heterocycles. The van der Waals surface area contributed by atoms with Gasteiger partial charge in [0.1, 0.15) is 0 Å². The average molecular weight is 202 g/mol. The molecule has 2 nitrogen and oxygen atoms in total. The normalized spacial score (nSPS) is 13.3. The monoisotopic (exact) mass is 202 g/mol. The van der Waals surface area contributed by atoms with E-state index in [9.17, 15) is 0 Å². The molecule has 0 saturated heterocycles. The molecule has 2 aromatic rings. The van der Waals surface area contributed by atoms with Gasteiger partial charge in [-0.3, -0.25) is 0 Å². The number of aromatic nitrogens is 1. The summed E-state index contributed by atoms with van der Waals surface area (Å²) in [5.41, 5.74) is 4.00. The lowest BCUT2D eigenvalue weighted by atomic mass is 10.0. The van der Waals surface area contributed by atoms with Crippen LogP contribution >= 0.6 is 0 Å². The molecule has 0 bridgehead atoms. The summed E-state index contributed by atoms with van der Waals surface area (Å²) in [6.07, 6.45) is 3.14. The van der Waals surface area contributed by atoms with E-state index in [2.05, 4.69) is 48.5 Å². The van der Waals surface area contributed by atoms with E-state index in [0.29, 0.717) is 6.04 Å². The molecule has 2 heteroatoms. The molecule has 1 atom stereocenters. The van der Waals surface area contributed by atoms with Gasteiger partial charge in [-0.05, 0) is 38.4 Å². The lowest BCUT2D eigenvalue weighted by molar-refractivity contribution is 0.610. The van der Waals surface area contributed by atoms with Gasteiger partial charge in [-0.2, -0.15) is 0 Å². The third-order valence-electron chi connectivity index (χ3n) is 3.03. The Kier molecular flexibility index (Phi) is 2.78. The zero-order valence-corrected chi connectivity index (χ0v) is 9.59. The first-order valence-electron chi connectivity index (χ1n) is 5.45. The Bertz CT molecular complexity index is 457. The second-order valence-corrected chi connectivity index (χ2v) is 4.21. The maximum atomic E-state index is 3.36. The van der Waals surface area contributed by atoms with Crippen molar-refractivity contribution < 1.29 is 0 Å². The van der Waals surface area contributed by atoms with Crippen molar-refractivity contribution in [2.45, 2.75) is 26.3 Å². The first-order chi connectivity index (χ1) is 7.22. The van der Waals surface area contributed by atoms with Gasteiger partial charge < -0.3 is 10.3 Å². The molecular weight excluding hydrogens is 184 g/mol. The number of rotatable bonds is 3. The molecule has 0 amide bonds. The SMILES string of the molecule is CNC(C)Cc1cccc2c(C)c[nH]c12. The molecule has 1 aromatic heterocycles. The molecule has 0 fully saturated rings. The molecule has 2 N–H and O–H groups in total. The zero-order chi connectivity index (χ0) is 10.8. The van der Waals surface area contributed by atoms with Crippen molar-refractivity contribution in [1.82, 2.24) is 10.3 Å². The summed E-state index contributed by atoms with van der Waals surface area (Å²) in [5, 5.41) is 4.61. The summed E-state index contributed by atoms with van der Waals surface area (Å²) in [6.45, 7) is 4.35. The van der Waals surface area contributed by atoms with Crippen molar-refractivity contribution in [2.24, 2.45) is 0 Å². The topological polar surface area (TPSA) is 27.8 Å². The van der Waals surface area contributed by atoms with Gasteiger partial charge in [0.05, 0.1) is 0 Å². The maximum absolute atomic E-state index is 3.36. The lowest BCUT2D eigenvalue weighted by Crippen LogP contribution is -2.23. The predicted molar refractivity (Wildman–Crippen MR) is 65.3 cm³/mol. The summed E-state index contributed by atoms with van der Waals surface area (Å²) >= 11 is 0. The van der Waals surface area contributed by atoms with E-state index in [4.69, 9.17) is 0 Å². The molecular formula is C13H18N2. The smallest absolute Gasteiger partial charge is 0.0489 e. The molecule has 2 rings (SSSR count). The first kappa shape index (κ1) is 10.2. The molecule has 0 radical (unpaired) electrons. The number of nitrogens with one attached hydrogen (secondary N) is 2.